The van der Waals surface area contributed by atoms with Gasteiger partial charge in [-0.25, -0.2) is 4.98 Å². The molecule has 0 fully saturated rings. The number of aryl methyl sites for hydroxylation is 3. The van der Waals surface area contributed by atoms with Crippen LogP contribution < -0.4 is 5.32 Å². The van der Waals surface area contributed by atoms with Crippen LogP contribution in [-0.4, -0.2) is 26.4 Å². The van der Waals surface area contributed by atoms with Gasteiger partial charge in [-0.3, -0.25) is 4.68 Å². The Labute approximate surface area is 124 Å². The van der Waals surface area contributed by atoms with Gasteiger partial charge in [-0.15, -0.1) is 0 Å². The van der Waals surface area contributed by atoms with E-state index in [1.54, 1.807) is 0 Å². The maximum atomic E-state index is 4.76. The first-order valence-electron chi connectivity index (χ1n) is 7.18. The lowest BCUT2D eigenvalue weighted by atomic mass is 10.0. The lowest BCUT2D eigenvalue weighted by Gasteiger charge is -2.15. The summed E-state index contributed by atoms with van der Waals surface area (Å²) in [5, 5.41) is 7.82. The number of nitrogens with one attached hydrogen (secondary N) is 1. The quantitative estimate of drug-likeness (QED) is 0.798. The van der Waals surface area contributed by atoms with Gasteiger partial charge in [-0.05, 0) is 26.1 Å². The minimum atomic E-state index is 0.217. The first-order valence-corrected chi connectivity index (χ1v) is 7.18. The third-order valence-corrected chi connectivity index (χ3v) is 4.04. The van der Waals surface area contributed by atoms with Gasteiger partial charge < -0.3 is 9.88 Å². The Morgan fingerprint density at radius 2 is 2.00 bits per heavy atom. The first-order chi connectivity index (χ1) is 10.1. The van der Waals surface area contributed by atoms with Crippen LogP contribution in [0.1, 0.15) is 23.1 Å². The van der Waals surface area contributed by atoms with Crippen LogP contribution in [0.25, 0.3) is 11.0 Å². The highest BCUT2D eigenvalue weighted by molar-refractivity contribution is 5.75. The van der Waals surface area contributed by atoms with Crippen molar-refractivity contribution in [1.29, 1.82) is 0 Å². The molecule has 0 aliphatic carbocycles. The van der Waals surface area contributed by atoms with Crippen LogP contribution in [0, 0.1) is 6.92 Å². The SMILES string of the molecule is CNC(Cc1nc2ccccc2n1C)c1cn(C)nc1C. The molecule has 0 amide bonds. The monoisotopic (exact) mass is 283 g/mol. The molecule has 0 bridgehead atoms. The average molecular weight is 283 g/mol. The third kappa shape index (κ3) is 2.45. The van der Waals surface area contributed by atoms with Crippen LogP contribution in [0.4, 0.5) is 0 Å². The zero-order valence-electron chi connectivity index (χ0n) is 13.0. The van der Waals surface area contributed by atoms with E-state index < -0.39 is 0 Å². The van der Waals surface area contributed by atoms with Crippen LogP contribution in [0.3, 0.4) is 0 Å². The summed E-state index contributed by atoms with van der Waals surface area (Å²) in [6, 6.07) is 8.46. The van der Waals surface area contributed by atoms with Gasteiger partial charge in [-0.2, -0.15) is 5.10 Å². The van der Waals surface area contributed by atoms with Gasteiger partial charge in [0, 0.05) is 38.3 Å². The molecule has 0 spiro atoms. The number of aromatic nitrogens is 4. The second kappa shape index (κ2) is 5.33. The lowest BCUT2D eigenvalue weighted by Crippen LogP contribution is -2.20. The van der Waals surface area contributed by atoms with Crippen molar-refractivity contribution in [2.75, 3.05) is 7.05 Å². The van der Waals surface area contributed by atoms with E-state index in [1.165, 1.54) is 11.1 Å². The molecule has 110 valence electrons. The zero-order valence-corrected chi connectivity index (χ0v) is 13.0. The van der Waals surface area contributed by atoms with Crippen molar-refractivity contribution < 1.29 is 0 Å². The zero-order chi connectivity index (χ0) is 15.0. The summed E-state index contributed by atoms with van der Waals surface area (Å²) in [6.07, 6.45) is 2.92. The molecular weight excluding hydrogens is 262 g/mol. The first kappa shape index (κ1) is 13.8. The summed E-state index contributed by atoms with van der Waals surface area (Å²) < 4.78 is 4.04. The molecule has 3 rings (SSSR count). The number of nitrogens with zero attached hydrogens (tertiary/aromatic N) is 4. The second-order valence-electron chi connectivity index (χ2n) is 5.46. The fraction of sp³-hybridized carbons (Fsp3) is 0.375. The van der Waals surface area contributed by atoms with E-state index in [9.17, 15) is 0 Å². The molecule has 0 aliphatic heterocycles. The number of para-hydroxylation sites is 2. The van der Waals surface area contributed by atoms with Crippen molar-refractivity contribution in [3.05, 3.63) is 47.5 Å². The molecule has 0 saturated heterocycles. The Morgan fingerprint density at radius 1 is 1.24 bits per heavy atom. The summed E-state index contributed by atoms with van der Waals surface area (Å²) in [4.78, 5) is 4.76. The average Bonchev–Trinajstić information content (AvgIpc) is 2.97. The number of benzene rings is 1. The molecule has 5 heteroatoms. The predicted octanol–water partition coefficient (Wildman–Crippen LogP) is 2.12. The lowest BCUT2D eigenvalue weighted by molar-refractivity contribution is 0.563. The van der Waals surface area contributed by atoms with Gasteiger partial charge in [0.05, 0.1) is 16.7 Å². The normalized spacial score (nSPS) is 13.0. The number of hydrogen-bond acceptors (Lipinski definition) is 3. The fourth-order valence-corrected chi connectivity index (χ4v) is 2.89. The maximum Gasteiger partial charge on any atom is 0.111 e. The molecule has 3 aromatic rings. The largest absolute Gasteiger partial charge is 0.331 e. The van der Waals surface area contributed by atoms with Crippen molar-refractivity contribution in [3.63, 3.8) is 0 Å². The molecule has 1 aromatic carbocycles. The topological polar surface area (TPSA) is 47.7 Å². The molecular formula is C16H21N5. The van der Waals surface area contributed by atoms with E-state index in [4.69, 9.17) is 4.98 Å². The third-order valence-electron chi connectivity index (χ3n) is 4.04. The Bertz CT molecular complexity index is 768. The molecule has 5 nitrogen and oxygen atoms in total. The smallest absolute Gasteiger partial charge is 0.111 e. The van der Waals surface area contributed by atoms with E-state index in [0.29, 0.717) is 0 Å². The predicted molar refractivity (Wildman–Crippen MR) is 84.2 cm³/mol. The Kier molecular flexibility index (Phi) is 3.51. The number of rotatable bonds is 4. The van der Waals surface area contributed by atoms with Crippen LogP contribution >= 0.6 is 0 Å². The van der Waals surface area contributed by atoms with Crippen molar-refractivity contribution in [2.45, 2.75) is 19.4 Å². The summed E-state index contributed by atoms with van der Waals surface area (Å²) in [5.74, 6) is 1.08. The summed E-state index contributed by atoms with van der Waals surface area (Å²) >= 11 is 0. The minimum absolute atomic E-state index is 0.217. The Hall–Kier alpha value is -2.14. The van der Waals surface area contributed by atoms with Gasteiger partial charge in [0.25, 0.3) is 0 Å². The van der Waals surface area contributed by atoms with Crippen LogP contribution in [-0.2, 0) is 20.5 Å². The molecule has 1 N–H and O–H groups in total. The fourth-order valence-electron chi connectivity index (χ4n) is 2.89. The van der Waals surface area contributed by atoms with E-state index in [1.807, 2.05) is 24.8 Å². The van der Waals surface area contributed by atoms with Crippen LogP contribution in [0.2, 0.25) is 0 Å². The Balaban J connectivity index is 1.96. The highest BCUT2D eigenvalue weighted by Gasteiger charge is 2.18. The van der Waals surface area contributed by atoms with Gasteiger partial charge >= 0.3 is 0 Å². The number of likely N-dealkylation sites (N-methyl/N-ethyl adjacent to an activating group) is 1. The van der Waals surface area contributed by atoms with Crippen molar-refractivity contribution in [3.8, 4) is 0 Å². The number of fused-ring (bicyclic) bond motifs is 1. The van der Waals surface area contributed by atoms with Crippen molar-refractivity contribution in [1.82, 2.24) is 24.6 Å². The molecule has 1 unspecified atom stereocenters. The maximum absolute atomic E-state index is 4.76. The van der Waals surface area contributed by atoms with Gasteiger partial charge in [-0.1, -0.05) is 12.1 Å². The minimum Gasteiger partial charge on any atom is -0.331 e. The van der Waals surface area contributed by atoms with E-state index in [2.05, 4.69) is 53.3 Å². The van der Waals surface area contributed by atoms with Crippen LogP contribution in [0.5, 0.6) is 0 Å². The molecule has 0 aliphatic rings. The van der Waals surface area contributed by atoms with Crippen molar-refractivity contribution in [2.24, 2.45) is 14.1 Å². The second-order valence-corrected chi connectivity index (χ2v) is 5.46. The molecule has 1 atom stereocenters. The van der Waals surface area contributed by atoms with E-state index in [-0.39, 0.29) is 6.04 Å². The standard InChI is InChI=1S/C16H21N5/c1-11-12(10-20(3)19-11)14(17-2)9-16-18-13-7-5-6-8-15(13)21(16)4/h5-8,10,14,17H,9H2,1-4H3. The molecule has 0 saturated carbocycles. The van der Waals surface area contributed by atoms with Gasteiger partial charge in [0.2, 0.25) is 0 Å². The molecule has 21 heavy (non-hydrogen) atoms. The van der Waals surface area contributed by atoms with E-state index >= 15 is 0 Å². The van der Waals surface area contributed by atoms with E-state index in [0.717, 1.165) is 23.5 Å². The van der Waals surface area contributed by atoms with Crippen molar-refractivity contribution >= 4 is 11.0 Å². The van der Waals surface area contributed by atoms with Crippen LogP contribution in [0.15, 0.2) is 30.5 Å². The molecule has 2 aromatic heterocycles. The molecule has 0 radical (unpaired) electrons. The highest BCUT2D eigenvalue weighted by Crippen LogP contribution is 2.22. The summed E-state index contributed by atoms with van der Waals surface area (Å²) in [5.41, 5.74) is 4.51. The number of imidazole rings is 1. The molecule has 2 heterocycles. The van der Waals surface area contributed by atoms with Gasteiger partial charge in [0.1, 0.15) is 5.82 Å². The van der Waals surface area contributed by atoms with Gasteiger partial charge in [0.15, 0.2) is 0 Å². The highest BCUT2D eigenvalue weighted by atomic mass is 15.3. The summed E-state index contributed by atoms with van der Waals surface area (Å²) in [6.45, 7) is 2.05. The number of hydrogen-bond donors (Lipinski definition) is 1. The Morgan fingerprint density at radius 3 is 2.62 bits per heavy atom. The summed E-state index contributed by atoms with van der Waals surface area (Å²) in [7, 11) is 6.02.